The number of nitrogens with two attached hydrogens (primary N) is 2. The van der Waals surface area contributed by atoms with Crippen molar-refractivity contribution in [1.29, 1.82) is 0 Å². The summed E-state index contributed by atoms with van der Waals surface area (Å²) in [6.07, 6.45) is 8.38. The molecule has 2 aliphatic carbocycles. The zero-order valence-electron chi connectivity index (χ0n) is 7.97. The summed E-state index contributed by atoms with van der Waals surface area (Å²) < 4.78 is 0. The molecule has 2 saturated carbocycles. The van der Waals surface area contributed by atoms with Gasteiger partial charge in [0, 0.05) is 0 Å². The summed E-state index contributed by atoms with van der Waals surface area (Å²) >= 11 is 0. The predicted molar refractivity (Wildman–Crippen MR) is 52.8 cm³/mol. The quantitative estimate of drug-likeness (QED) is 0.659. The van der Waals surface area contributed by atoms with Crippen LogP contribution in [0.25, 0.3) is 0 Å². The Morgan fingerprint density at radius 3 is 1.08 bits per heavy atom. The number of hydrogen-bond acceptors (Lipinski definition) is 2. The minimum atomic E-state index is 0.894. The summed E-state index contributed by atoms with van der Waals surface area (Å²) in [7, 11) is 0. The molecule has 0 aliphatic heterocycles. The van der Waals surface area contributed by atoms with Crippen LogP contribution in [0.1, 0.15) is 38.5 Å². The Morgan fingerprint density at radius 1 is 0.750 bits per heavy atom. The van der Waals surface area contributed by atoms with E-state index in [-0.39, 0.29) is 0 Å². The zero-order chi connectivity index (χ0) is 8.81. The Morgan fingerprint density at radius 2 is 1.08 bits per heavy atom. The van der Waals surface area contributed by atoms with Crippen LogP contribution in [0.3, 0.4) is 0 Å². The van der Waals surface area contributed by atoms with Crippen molar-refractivity contribution in [2.24, 2.45) is 23.3 Å². The molecular formula is C10H22N2. The minimum Gasteiger partial charge on any atom is -0.330 e. The first-order valence-corrected chi connectivity index (χ1v) is 5.27. The van der Waals surface area contributed by atoms with Gasteiger partial charge in [0.25, 0.3) is 0 Å². The molecule has 0 atom stereocenters. The van der Waals surface area contributed by atoms with Crippen LogP contribution in [0, 0.1) is 11.8 Å². The Labute approximate surface area is 75.7 Å². The molecule has 0 aromatic carbocycles. The van der Waals surface area contributed by atoms with Crippen molar-refractivity contribution in [3.05, 3.63) is 0 Å². The molecule has 0 aromatic heterocycles. The highest BCUT2D eigenvalue weighted by atomic mass is 14.6. The summed E-state index contributed by atoms with van der Waals surface area (Å²) in [5.41, 5.74) is 10.7. The van der Waals surface area contributed by atoms with Gasteiger partial charge in [0.05, 0.1) is 0 Å². The Kier molecular flexibility index (Phi) is 4.62. The van der Waals surface area contributed by atoms with Gasteiger partial charge in [-0.15, -0.1) is 0 Å². The van der Waals surface area contributed by atoms with Crippen LogP contribution in [0.15, 0.2) is 0 Å². The molecule has 2 aliphatic rings. The second-order valence-electron chi connectivity index (χ2n) is 4.07. The normalized spacial score (nSPS) is 23.5. The minimum absolute atomic E-state index is 0.894. The molecule has 2 heteroatoms. The van der Waals surface area contributed by atoms with E-state index in [4.69, 9.17) is 11.5 Å². The van der Waals surface area contributed by atoms with Gasteiger partial charge in [-0.25, -0.2) is 0 Å². The molecule has 0 aromatic rings. The van der Waals surface area contributed by atoms with Gasteiger partial charge in [-0.3, -0.25) is 0 Å². The molecule has 2 nitrogen and oxygen atoms in total. The molecule has 0 saturated heterocycles. The van der Waals surface area contributed by atoms with Gasteiger partial charge in [-0.1, -0.05) is 12.8 Å². The standard InChI is InChI=1S/2C5H11N/c2*6-4-5-2-1-3-5/h2*5H,1-4,6H2. The van der Waals surface area contributed by atoms with E-state index in [1.807, 2.05) is 0 Å². The van der Waals surface area contributed by atoms with Crippen molar-refractivity contribution < 1.29 is 0 Å². The van der Waals surface area contributed by atoms with E-state index in [1.54, 1.807) is 0 Å². The van der Waals surface area contributed by atoms with Gasteiger partial charge < -0.3 is 11.5 Å². The van der Waals surface area contributed by atoms with E-state index in [0.29, 0.717) is 0 Å². The Bertz CT molecular complexity index is 86.9. The molecule has 0 radical (unpaired) electrons. The average Bonchev–Trinajstić information content (AvgIpc) is 1.83. The second-order valence-corrected chi connectivity index (χ2v) is 4.07. The van der Waals surface area contributed by atoms with Crippen molar-refractivity contribution in [1.82, 2.24) is 0 Å². The van der Waals surface area contributed by atoms with Gasteiger partial charge in [-0.05, 0) is 50.6 Å². The first-order valence-electron chi connectivity index (χ1n) is 5.27. The lowest BCUT2D eigenvalue weighted by Gasteiger charge is -2.22. The van der Waals surface area contributed by atoms with Crippen LogP contribution in [-0.4, -0.2) is 13.1 Å². The third-order valence-electron chi connectivity index (χ3n) is 3.12. The lowest BCUT2D eigenvalue weighted by atomic mass is 9.86. The molecular weight excluding hydrogens is 148 g/mol. The molecule has 12 heavy (non-hydrogen) atoms. The Hall–Kier alpha value is -0.0800. The summed E-state index contributed by atoms with van der Waals surface area (Å²) in [4.78, 5) is 0. The third-order valence-corrected chi connectivity index (χ3v) is 3.12. The van der Waals surface area contributed by atoms with Crippen molar-refractivity contribution >= 4 is 0 Å². The second kappa shape index (κ2) is 5.55. The van der Waals surface area contributed by atoms with Crippen LogP contribution in [0.5, 0.6) is 0 Å². The van der Waals surface area contributed by atoms with Gasteiger partial charge in [-0.2, -0.15) is 0 Å². The summed E-state index contributed by atoms with van der Waals surface area (Å²) in [5.74, 6) is 1.79. The van der Waals surface area contributed by atoms with Crippen LogP contribution >= 0.6 is 0 Å². The van der Waals surface area contributed by atoms with Gasteiger partial charge in [0.15, 0.2) is 0 Å². The van der Waals surface area contributed by atoms with Gasteiger partial charge >= 0.3 is 0 Å². The monoisotopic (exact) mass is 170 g/mol. The van der Waals surface area contributed by atoms with Gasteiger partial charge in [0.2, 0.25) is 0 Å². The van der Waals surface area contributed by atoms with E-state index >= 15 is 0 Å². The molecule has 2 rings (SSSR count). The molecule has 0 bridgehead atoms. The maximum absolute atomic E-state index is 5.33. The summed E-state index contributed by atoms with van der Waals surface area (Å²) in [6, 6.07) is 0. The van der Waals surface area contributed by atoms with Gasteiger partial charge in [0.1, 0.15) is 0 Å². The molecule has 0 amide bonds. The van der Waals surface area contributed by atoms with E-state index in [1.165, 1.54) is 38.5 Å². The zero-order valence-corrected chi connectivity index (χ0v) is 7.97. The highest BCUT2D eigenvalue weighted by Crippen LogP contribution is 2.24. The predicted octanol–water partition coefficient (Wildman–Crippen LogP) is 1.49. The molecule has 72 valence electrons. The van der Waals surface area contributed by atoms with Crippen LogP contribution in [-0.2, 0) is 0 Å². The smallest absolute Gasteiger partial charge is 0.00489 e. The van der Waals surface area contributed by atoms with Crippen LogP contribution in [0.2, 0.25) is 0 Å². The lowest BCUT2D eigenvalue weighted by Crippen LogP contribution is -2.20. The summed E-state index contributed by atoms with van der Waals surface area (Å²) in [6.45, 7) is 1.83. The van der Waals surface area contributed by atoms with Crippen LogP contribution < -0.4 is 11.5 Å². The van der Waals surface area contributed by atoms with E-state index < -0.39 is 0 Å². The van der Waals surface area contributed by atoms with E-state index in [9.17, 15) is 0 Å². The van der Waals surface area contributed by atoms with E-state index in [0.717, 1.165) is 24.9 Å². The largest absolute Gasteiger partial charge is 0.330 e. The van der Waals surface area contributed by atoms with Crippen LogP contribution in [0.4, 0.5) is 0 Å². The maximum atomic E-state index is 5.33. The molecule has 0 unspecified atom stereocenters. The van der Waals surface area contributed by atoms with Crippen molar-refractivity contribution in [3.8, 4) is 0 Å². The van der Waals surface area contributed by atoms with Crippen molar-refractivity contribution in [2.75, 3.05) is 13.1 Å². The third kappa shape index (κ3) is 3.11. The summed E-state index contributed by atoms with van der Waals surface area (Å²) in [5, 5.41) is 0. The number of rotatable bonds is 2. The SMILES string of the molecule is NCC1CCC1.NCC1CCC1. The topological polar surface area (TPSA) is 52.0 Å². The first-order chi connectivity index (χ1) is 5.86. The van der Waals surface area contributed by atoms with Crippen molar-refractivity contribution in [2.45, 2.75) is 38.5 Å². The molecule has 2 fully saturated rings. The first kappa shape index (κ1) is 10.0. The fourth-order valence-corrected chi connectivity index (χ4v) is 1.46. The Balaban J connectivity index is 0.000000120. The number of hydrogen-bond donors (Lipinski definition) is 2. The molecule has 4 N–H and O–H groups in total. The molecule has 0 heterocycles. The highest BCUT2D eigenvalue weighted by molar-refractivity contribution is 4.69. The average molecular weight is 170 g/mol. The fraction of sp³-hybridized carbons (Fsp3) is 1.00. The van der Waals surface area contributed by atoms with E-state index in [2.05, 4.69) is 0 Å². The maximum Gasteiger partial charge on any atom is -0.00489 e. The van der Waals surface area contributed by atoms with Crippen molar-refractivity contribution in [3.63, 3.8) is 0 Å². The molecule has 0 spiro atoms. The lowest BCUT2D eigenvalue weighted by molar-refractivity contribution is 0.325. The highest BCUT2D eigenvalue weighted by Gasteiger charge is 2.14. The fourth-order valence-electron chi connectivity index (χ4n) is 1.46.